The standard InChI is InChI=1S/C11H8F4N2O/c1-6-4-9(17-10(18)2-3-16)8(12)5-7(6)11(13,14)15/h4-5H,2H2,1H3,(H,17,18). The fourth-order valence-electron chi connectivity index (χ4n) is 1.35. The molecule has 1 rings (SSSR count). The van der Waals surface area contributed by atoms with Gasteiger partial charge >= 0.3 is 6.18 Å². The summed E-state index contributed by atoms with van der Waals surface area (Å²) < 4.78 is 50.7. The number of aryl methyl sites for hydroxylation is 1. The molecule has 0 aliphatic heterocycles. The van der Waals surface area contributed by atoms with Crippen LogP contribution >= 0.6 is 0 Å². The molecule has 1 aromatic rings. The van der Waals surface area contributed by atoms with Gasteiger partial charge in [0.05, 0.1) is 17.3 Å². The van der Waals surface area contributed by atoms with Crippen molar-refractivity contribution in [2.75, 3.05) is 5.32 Å². The third-order valence-corrected chi connectivity index (χ3v) is 2.13. The van der Waals surface area contributed by atoms with Crippen molar-refractivity contribution in [2.24, 2.45) is 0 Å². The molecule has 0 radical (unpaired) electrons. The van der Waals surface area contributed by atoms with E-state index in [-0.39, 0.29) is 11.3 Å². The van der Waals surface area contributed by atoms with E-state index in [4.69, 9.17) is 5.26 Å². The van der Waals surface area contributed by atoms with E-state index in [0.717, 1.165) is 13.0 Å². The molecule has 0 bridgehead atoms. The average Bonchev–Trinajstić information content (AvgIpc) is 2.21. The molecule has 0 aliphatic carbocycles. The molecule has 1 amide bonds. The van der Waals surface area contributed by atoms with Gasteiger partial charge in [0.15, 0.2) is 0 Å². The molecule has 0 fully saturated rings. The highest BCUT2D eigenvalue weighted by Gasteiger charge is 2.33. The number of amides is 1. The van der Waals surface area contributed by atoms with Crippen molar-refractivity contribution >= 4 is 11.6 Å². The van der Waals surface area contributed by atoms with Crippen molar-refractivity contribution in [3.63, 3.8) is 0 Å². The number of hydrogen-bond donors (Lipinski definition) is 1. The molecule has 18 heavy (non-hydrogen) atoms. The molecule has 0 spiro atoms. The molecule has 96 valence electrons. The van der Waals surface area contributed by atoms with Gasteiger partial charge in [-0.1, -0.05) is 0 Å². The lowest BCUT2D eigenvalue weighted by Crippen LogP contribution is -2.14. The molecule has 0 aliphatic rings. The van der Waals surface area contributed by atoms with Crippen LogP contribution in [0.25, 0.3) is 0 Å². The number of alkyl halides is 3. The van der Waals surface area contributed by atoms with E-state index < -0.39 is 29.9 Å². The molecule has 7 heteroatoms. The van der Waals surface area contributed by atoms with Crippen LogP contribution in [0.2, 0.25) is 0 Å². The maximum absolute atomic E-state index is 13.4. The van der Waals surface area contributed by atoms with Crippen molar-refractivity contribution in [3.8, 4) is 6.07 Å². The van der Waals surface area contributed by atoms with Gasteiger partial charge in [-0.3, -0.25) is 4.79 Å². The average molecular weight is 260 g/mol. The van der Waals surface area contributed by atoms with E-state index in [0.29, 0.717) is 6.07 Å². The lowest BCUT2D eigenvalue weighted by Gasteiger charge is -2.13. The Bertz CT molecular complexity index is 517. The van der Waals surface area contributed by atoms with Gasteiger partial charge in [-0.25, -0.2) is 4.39 Å². The first-order valence-corrected chi connectivity index (χ1v) is 4.80. The highest BCUT2D eigenvalue weighted by Crippen LogP contribution is 2.34. The number of hydrogen-bond acceptors (Lipinski definition) is 2. The first-order chi connectivity index (χ1) is 8.25. The third-order valence-electron chi connectivity index (χ3n) is 2.13. The smallest absolute Gasteiger partial charge is 0.323 e. The summed E-state index contributed by atoms with van der Waals surface area (Å²) in [4.78, 5) is 11.0. The fraction of sp³-hybridized carbons (Fsp3) is 0.273. The van der Waals surface area contributed by atoms with E-state index in [1.54, 1.807) is 6.07 Å². The molecule has 0 unspecified atom stereocenters. The summed E-state index contributed by atoms with van der Waals surface area (Å²) in [5, 5.41) is 10.3. The maximum Gasteiger partial charge on any atom is 0.416 e. The Morgan fingerprint density at radius 3 is 2.56 bits per heavy atom. The van der Waals surface area contributed by atoms with Crippen LogP contribution in [0.4, 0.5) is 23.2 Å². The van der Waals surface area contributed by atoms with Crippen LogP contribution in [0, 0.1) is 24.1 Å². The first-order valence-electron chi connectivity index (χ1n) is 4.80. The van der Waals surface area contributed by atoms with Gasteiger partial charge in [0, 0.05) is 0 Å². The Hall–Kier alpha value is -2.10. The molecule has 0 atom stereocenters. The Kier molecular flexibility index (Phi) is 3.91. The monoisotopic (exact) mass is 260 g/mol. The molecule has 1 N–H and O–H groups in total. The van der Waals surface area contributed by atoms with E-state index >= 15 is 0 Å². The molecule has 1 aromatic carbocycles. The van der Waals surface area contributed by atoms with Gasteiger partial charge in [-0.05, 0) is 24.6 Å². The van der Waals surface area contributed by atoms with Gasteiger partial charge in [0.25, 0.3) is 0 Å². The van der Waals surface area contributed by atoms with Crippen molar-refractivity contribution in [2.45, 2.75) is 19.5 Å². The zero-order valence-corrected chi connectivity index (χ0v) is 9.23. The second-order valence-corrected chi connectivity index (χ2v) is 3.53. The number of carbonyl (C=O) groups excluding carboxylic acids is 1. The Balaban J connectivity index is 3.09. The topological polar surface area (TPSA) is 52.9 Å². The van der Waals surface area contributed by atoms with Gasteiger partial charge in [-0.2, -0.15) is 18.4 Å². The van der Waals surface area contributed by atoms with Gasteiger partial charge in [-0.15, -0.1) is 0 Å². The summed E-state index contributed by atoms with van der Waals surface area (Å²) in [5.74, 6) is -1.98. The third kappa shape index (κ3) is 3.20. The first kappa shape index (κ1) is 14.0. The number of benzene rings is 1. The molecule has 3 nitrogen and oxygen atoms in total. The van der Waals surface area contributed by atoms with Crippen LogP contribution in [-0.2, 0) is 11.0 Å². The zero-order valence-electron chi connectivity index (χ0n) is 9.23. The van der Waals surface area contributed by atoms with Gasteiger partial charge < -0.3 is 5.32 Å². The Morgan fingerprint density at radius 2 is 2.06 bits per heavy atom. The number of halogens is 4. The van der Waals surface area contributed by atoms with Crippen LogP contribution in [0.5, 0.6) is 0 Å². The van der Waals surface area contributed by atoms with Crippen LogP contribution in [-0.4, -0.2) is 5.91 Å². The quantitative estimate of drug-likeness (QED) is 0.831. The number of nitrogens with zero attached hydrogens (tertiary/aromatic N) is 1. The summed E-state index contributed by atoms with van der Waals surface area (Å²) in [7, 11) is 0. The largest absolute Gasteiger partial charge is 0.416 e. The van der Waals surface area contributed by atoms with Gasteiger partial charge in [0.2, 0.25) is 5.91 Å². The number of nitriles is 1. The summed E-state index contributed by atoms with van der Waals surface area (Å²) in [6.07, 6.45) is -5.15. The van der Waals surface area contributed by atoms with E-state index in [1.807, 2.05) is 5.32 Å². The highest BCUT2D eigenvalue weighted by molar-refractivity contribution is 5.92. The number of nitrogens with one attached hydrogen (secondary N) is 1. The second-order valence-electron chi connectivity index (χ2n) is 3.53. The highest BCUT2D eigenvalue weighted by atomic mass is 19.4. The van der Waals surface area contributed by atoms with E-state index in [2.05, 4.69) is 0 Å². The maximum atomic E-state index is 13.4. The van der Waals surface area contributed by atoms with Crippen LogP contribution in [0.1, 0.15) is 17.5 Å². The molecule has 0 saturated carbocycles. The summed E-state index contributed by atoms with van der Waals surface area (Å²) in [5.41, 5.74) is -1.69. The van der Waals surface area contributed by atoms with E-state index in [9.17, 15) is 22.4 Å². The van der Waals surface area contributed by atoms with Crippen molar-refractivity contribution < 1.29 is 22.4 Å². The molecular formula is C11H8F4N2O. The number of rotatable bonds is 2. The molecule has 0 saturated heterocycles. The SMILES string of the molecule is Cc1cc(NC(=O)CC#N)c(F)cc1C(F)(F)F. The Morgan fingerprint density at radius 1 is 1.44 bits per heavy atom. The predicted octanol–water partition coefficient (Wildman–Crippen LogP) is 3.01. The fourth-order valence-corrected chi connectivity index (χ4v) is 1.35. The van der Waals surface area contributed by atoms with Gasteiger partial charge in [0.1, 0.15) is 12.2 Å². The van der Waals surface area contributed by atoms with E-state index in [1.165, 1.54) is 0 Å². The minimum Gasteiger partial charge on any atom is -0.323 e. The van der Waals surface area contributed by atoms with Crippen LogP contribution < -0.4 is 5.32 Å². The predicted molar refractivity (Wildman–Crippen MR) is 55.0 cm³/mol. The number of carbonyl (C=O) groups is 1. The molecule has 0 aromatic heterocycles. The minimum absolute atomic E-state index is 0.212. The van der Waals surface area contributed by atoms with Crippen molar-refractivity contribution in [1.29, 1.82) is 5.26 Å². The van der Waals surface area contributed by atoms with Crippen molar-refractivity contribution in [3.05, 3.63) is 29.1 Å². The minimum atomic E-state index is -4.65. The lowest BCUT2D eigenvalue weighted by atomic mass is 10.1. The van der Waals surface area contributed by atoms with Crippen molar-refractivity contribution in [1.82, 2.24) is 0 Å². The number of anilines is 1. The molecule has 0 heterocycles. The molecular weight excluding hydrogens is 252 g/mol. The zero-order chi connectivity index (χ0) is 13.9. The Labute approximate surface area is 100 Å². The summed E-state index contributed by atoms with van der Waals surface area (Å²) >= 11 is 0. The normalized spacial score (nSPS) is 10.9. The second kappa shape index (κ2) is 5.04. The summed E-state index contributed by atoms with van der Waals surface area (Å²) in [6.45, 7) is 1.15. The summed E-state index contributed by atoms with van der Waals surface area (Å²) in [6, 6.07) is 2.74. The van der Waals surface area contributed by atoms with Crippen LogP contribution in [0.15, 0.2) is 12.1 Å². The lowest BCUT2D eigenvalue weighted by molar-refractivity contribution is -0.138. The van der Waals surface area contributed by atoms with Crippen LogP contribution in [0.3, 0.4) is 0 Å².